The van der Waals surface area contributed by atoms with Crippen molar-refractivity contribution in [3.63, 3.8) is 0 Å². The number of hydrogen-bond donors (Lipinski definition) is 4. The number of thiocarbonyl (C=S) groups is 1. The lowest BCUT2D eigenvalue weighted by Crippen LogP contribution is -2.43. The zero-order valence-corrected chi connectivity index (χ0v) is 22.6. The quantitative estimate of drug-likeness (QED) is 0.177. The van der Waals surface area contributed by atoms with Crippen LogP contribution in [0.5, 0.6) is 0 Å². The average molecular weight is 594 g/mol. The maximum Gasteiger partial charge on any atom is 0.269 e. The predicted octanol–water partition coefficient (Wildman–Crippen LogP) is 6.91. The summed E-state index contributed by atoms with van der Waals surface area (Å²) < 4.78 is 0.642. The number of hydrogen-bond acceptors (Lipinski definition) is 3. The molecule has 10 heteroatoms. The second kappa shape index (κ2) is 12.9. The van der Waals surface area contributed by atoms with Crippen molar-refractivity contribution >= 4 is 79.7 Å². The molecule has 0 radical (unpaired) electrons. The molecule has 1 unspecified atom stereocenters. The topological polar surface area (TPSA) is 82.3 Å². The van der Waals surface area contributed by atoms with Crippen molar-refractivity contribution in [2.45, 2.75) is 25.7 Å². The summed E-state index contributed by atoms with van der Waals surface area (Å²) >= 11 is 20.5. The minimum absolute atomic E-state index is 0.132. The number of halogens is 3. The number of carbonyl (C=O) groups excluding carboxylic acids is 2. The molecule has 0 aromatic heterocycles. The second-order valence-electron chi connectivity index (χ2n) is 7.63. The Morgan fingerprint density at radius 3 is 2.34 bits per heavy atom. The van der Waals surface area contributed by atoms with Gasteiger partial charge in [-0.15, -0.1) is 0 Å². The number of hydrazine groups is 1. The summed E-state index contributed by atoms with van der Waals surface area (Å²) in [6.45, 7) is 2.04. The average Bonchev–Trinajstić information content (AvgIpc) is 2.83. The Kier molecular flexibility index (Phi) is 9.92. The van der Waals surface area contributed by atoms with Crippen LogP contribution in [0.4, 0.5) is 11.4 Å². The van der Waals surface area contributed by atoms with Crippen LogP contribution in [0.3, 0.4) is 0 Å². The minimum Gasteiger partial charge on any atom is -0.331 e. The molecule has 4 N–H and O–H groups in total. The molecule has 0 aliphatic rings. The van der Waals surface area contributed by atoms with Crippen LogP contribution in [0, 0.1) is 0 Å². The van der Waals surface area contributed by atoms with Crippen molar-refractivity contribution in [1.29, 1.82) is 0 Å². The molecule has 0 aliphatic heterocycles. The minimum atomic E-state index is -0.437. The van der Waals surface area contributed by atoms with Crippen LogP contribution in [0.1, 0.15) is 41.6 Å². The third-order valence-electron chi connectivity index (χ3n) is 4.99. The summed E-state index contributed by atoms with van der Waals surface area (Å²) in [5.41, 5.74) is 7.57. The molecule has 1 atom stereocenters. The molecule has 0 saturated heterocycles. The molecule has 0 spiro atoms. The van der Waals surface area contributed by atoms with E-state index in [4.69, 9.17) is 35.4 Å². The Balaban J connectivity index is 1.64. The van der Waals surface area contributed by atoms with E-state index in [2.05, 4.69) is 37.4 Å². The smallest absolute Gasteiger partial charge is 0.269 e. The van der Waals surface area contributed by atoms with Crippen LogP contribution < -0.4 is 21.5 Å². The van der Waals surface area contributed by atoms with E-state index in [1.165, 1.54) is 0 Å². The molecule has 35 heavy (non-hydrogen) atoms. The first-order chi connectivity index (χ1) is 16.8. The van der Waals surface area contributed by atoms with E-state index in [-0.39, 0.29) is 16.9 Å². The molecule has 3 rings (SSSR count). The molecule has 0 saturated carbocycles. The van der Waals surface area contributed by atoms with Gasteiger partial charge in [0.15, 0.2) is 5.11 Å². The van der Waals surface area contributed by atoms with Crippen molar-refractivity contribution in [2.75, 3.05) is 10.6 Å². The van der Waals surface area contributed by atoms with Crippen molar-refractivity contribution in [1.82, 2.24) is 10.9 Å². The van der Waals surface area contributed by atoms with Crippen LogP contribution in [0.25, 0.3) is 0 Å². The Morgan fingerprint density at radius 2 is 1.66 bits per heavy atom. The maximum atomic E-state index is 13.0. The summed E-state index contributed by atoms with van der Waals surface area (Å²) in [5, 5.41) is 6.80. The summed E-state index contributed by atoms with van der Waals surface area (Å²) in [4.78, 5) is 25.8. The highest BCUT2D eigenvalue weighted by atomic mass is 79.9. The van der Waals surface area contributed by atoms with Crippen LogP contribution in [-0.4, -0.2) is 16.9 Å². The fourth-order valence-electron chi connectivity index (χ4n) is 3.37. The van der Waals surface area contributed by atoms with Crippen LogP contribution in [-0.2, 0) is 4.79 Å². The second-order valence-corrected chi connectivity index (χ2v) is 9.77. The first-order valence-corrected chi connectivity index (χ1v) is 12.7. The first kappa shape index (κ1) is 26.9. The fourth-order valence-corrected chi connectivity index (χ4v) is 4.33. The van der Waals surface area contributed by atoms with Gasteiger partial charge in [0.2, 0.25) is 5.91 Å². The number of amides is 2. The third kappa shape index (κ3) is 7.93. The monoisotopic (exact) mass is 592 g/mol. The lowest BCUT2D eigenvalue weighted by Gasteiger charge is -2.17. The largest absolute Gasteiger partial charge is 0.331 e. The molecule has 6 nitrogen and oxygen atoms in total. The Labute approximate surface area is 227 Å². The van der Waals surface area contributed by atoms with Crippen LogP contribution >= 0.6 is 51.3 Å². The standard InChI is InChI=1S/C25H23BrCl2N4O2S/c1-2-6-20(15-7-4-3-5-8-15)24(34)29-19-12-16(11-17(26)13-19)23(33)31-32-25(35)30-18-9-10-21(27)22(28)14-18/h3-5,7-14,20H,2,6H2,1H3,(H,29,34)(H,31,33)(H2,30,32,35). The van der Waals surface area contributed by atoms with Gasteiger partial charge in [0.25, 0.3) is 5.91 Å². The number of anilines is 2. The van der Waals surface area contributed by atoms with E-state index in [0.717, 1.165) is 12.0 Å². The number of carbonyl (C=O) groups is 2. The van der Waals surface area contributed by atoms with Crippen LogP contribution in [0.15, 0.2) is 71.2 Å². The molecular formula is C25H23BrCl2N4O2S. The van der Waals surface area contributed by atoms with Crippen LogP contribution in [0.2, 0.25) is 10.0 Å². The summed E-state index contributed by atoms with van der Waals surface area (Å²) in [7, 11) is 0. The van der Waals surface area contributed by atoms with Gasteiger partial charge in [0.1, 0.15) is 0 Å². The molecule has 0 fully saturated rings. The maximum absolute atomic E-state index is 13.0. The summed E-state index contributed by atoms with van der Waals surface area (Å²) in [6.07, 6.45) is 1.57. The van der Waals surface area contributed by atoms with Gasteiger partial charge in [-0.3, -0.25) is 20.4 Å². The number of benzene rings is 3. The molecular weight excluding hydrogens is 571 g/mol. The van der Waals surface area contributed by atoms with E-state index in [1.807, 2.05) is 37.3 Å². The summed E-state index contributed by atoms with van der Waals surface area (Å²) in [6, 6.07) is 19.6. The van der Waals surface area contributed by atoms with Gasteiger partial charge in [-0.1, -0.05) is 82.8 Å². The van der Waals surface area contributed by atoms with Gasteiger partial charge in [-0.2, -0.15) is 0 Å². The van der Waals surface area contributed by atoms with Gasteiger partial charge < -0.3 is 10.6 Å². The number of nitrogens with one attached hydrogen (secondary N) is 4. The Bertz CT molecular complexity index is 1230. The Morgan fingerprint density at radius 1 is 0.914 bits per heavy atom. The molecule has 182 valence electrons. The van der Waals surface area contributed by atoms with Crippen molar-refractivity contribution in [3.05, 3.63) is 92.4 Å². The SMILES string of the molecule is CCCC(C(=O)Nc1cc(Br)cc(C(=O)NNC(=S)Nc2ccc(Cl)c(Cl)c2)c1)c1ccccc1. The molecule has 3 aromatic carbocycles. The molecule has 0 heterocycles. The Hall–Kier alpha value is -2.65. The molecule has 0 aliphatic carbocycles. The van der Waals surface area contributed by atoms with Crippen molar-refractivity contribution < 1.29 is 9.59 Å². The van der Waals surface area contributed by atoms with Gasteiger partial charge in [0, 0.05) is 21.4 Å². The zero-order valence-electron chi connectivity index (χ0n) is 18.7. The lowest BCUT2D eigenvalue weighted by molar-refractivity contribution is -0.117. The third-order valence-corrected chi connectivity index (χ3v) is 6.39. The van der Waals surface area contributed by atoms with E-state index in [1.54, 1.807) is 36.4 Å². The lowest BCUT2D eigenvalue weighted by atomic mass is 9.93. The molecule has 3 aromatic rings. The zero-order chi connectivity index (χ0) is 25.4. The van der Waals surface area contributed by atoms with Gasteiger partial charge in [-0.05, 0) is 60.6 Å². The first-order valence-electron chi connectivity index (χ1n) is 10.8. The number of rotatable bonds is 7. The molecule has 0 bridgehead atoms. The van der Waals surface area contributed by atoms with E-state index >= 15 is 0 Å². The summed E-state index contributed by atoms with van der Waals surface area (Å²) in [5.74, 6) is -0.857. The van der Waals surface area contributed by atoms with Crippen molar-refractivity contribution in [2.24, 2.45) is 0 Å². The van der Waals surface area contributed by atoms with Gasteiger partial charge in [0.05, 0.1) is 16.0 Å². The normalized spacial score (nSPS) is 11.3. The van der Waals surface area contributed by atoms with E-state index < -0.39 is 5.91 Å². The van der Waals surface area contributed by atoms with Crippen molar-refractivity contribution in [3.8, 4) is 0 Å². The van der Waals surface area contributed by atoms with Gasteiger partial charge in [-0.25, -0.2) is 0 Å². The highest BCUT2D eigenvalue weighted by Gasteiger charge is 2.20. The highest BCUT2D eigenvalue weighted by Crippen LogP contribution is 2.26. The van der Waals surface area contributed by atoms with E-state index in [9.17, 15) is 9.59 Å². The highest BCUT2D eigenvalue weighted by molar-refractivity contribution is 9.10. The molecule has 2 amide bonds. The predicted molar refractivity (Wildman–Crippen MR) is 150 cm³/mol. The van der Waals surface area contributed by atoms with E-state index in [0.29, 0.717) is 37.9 Å². The fraction of sp³-hybridized carbons (Fsp3) is 0.160. The van der Waals surface area contributed by atoms with Gasteiger partial charge >= 0.3 is 0 Å².